The molecule has 0 bridgehead atoms. The number of benzene rings is 1. The summed E-state index contributed by atoms with van der Waals surface area (Å²) in [7, 11) is 1.89. The molecule has 4 aromatic rings. The fourth-order valence-electron chi connectivity index (χ4n) is 3.09. The lowest BCUT2D eigenvalue weighted by Gasteiger charge is -2.10. The van der Waals surface area contributed by atoms with Gasteiger partial charge in [-0.3, -0.25) is 9.78 Å². The standard InChI is InChI=1S/C22H22N8O/c1-15-17(6-4-9-24-15)12-26-22(31)16-5-3-7-18(11-16)25-13-20-28-29-21(30(20)2)19-8-10-23-14-27-19/h3-11,14,25H,12-13H2,1-2H3,(H,26,31). The van der Waals surface area contributed by atoms with Crippen LogP contribution in [0, 0.1) is 6.92 Å². The molecule has 0 aliphatic carbocycles. The van der Waals surface area contributed by atoms with Crippen molar-refractivity contribution in [2.45, 2.75) is 20.0 Å². The van der Waals surface area contributed by atoms with Gasteiger partial charge < -0.3 is 15.2 Å². The Hall–Kier alpha value is -4.14. The lowest BCUT2D eigenvalue weighted by molar-refractivity contribution is 0.0951. The van der Waals surface area contributed by atoms with Crippen molar-refractivity contribution in [3.05, 3.63) is 83.8 Å². The average Bonchev–Trinajstić information content (AvgIpc) is 3.18. The molecule has 0 fully saturated rings. The Morgan fingerprint density at radius 3 is 2.74 bits per heavy atom. The summed E-state index contributed by atoms with van der Waals surface area (Å²) in [6.45, 7) is 2.81. The molecule has 0 unspecified atom stereocenters. The van der Waals surface area contributed by atoms with Crippen LogP contribution in [0.25, 0.3) is 11.5 Å². The molecule has 0 radical (unpaired) electrons. The van der Waals surface area contributed by atoms with Gasteiger partial charge in [-0.05, 0) is 42.8 Å². The molecule has 3 heterocycles. The van der Waals surface area contributed by atoms with E-state index in [4.69, 9.17) is 0 Å². The number of hydrogen-bond acceptors (Lipinski definition) is 7. The number of nitrogens with one attached hydrogen (secondary N) is 2. The molecule has 0 aliphatic rings. The number of nitrogens with zero attached hydrogens (tertiary/aromatic N) is 6. The van der Waals surface area contributed by atoms with Crippen LogP contribution < -0.4 is 10.6 Å². The first-order valence-electron chi connectivity index (χ1n) is 9.79. The van der Waals surface area contributed by atoms with E-state index in [-0.39, 0.29) is 5.91 Å². The summed E-state index contributed by atoms with van der Waals surface area (Å²) in [6, 6.07) is 13.0. The normalized spacial score (nSPS) is 10.6. The Kier molecular flexibility index (Phi) is 5.93. The van der Waals surface area contributed by atoms with Crippen LogP contribution in [0.4, 0.5) is 5.69 Å². The summed E-state index contributed by atoms with van der Waals surface area (Å²) in [4.78, 5) is 25.0. The van der Waals surface area contributed by atoms with Crippen molar-refractivity contribution in [2.24, 2.45) is 7.05 Å². The van der Waals surface area contributed by atoms with Crippen molar-refractivity contribution >= 4 is 11.6 Å². The van der Waals surface area contributed by atoms with Crippen molar-refractivity contribution in [3.8, 4) is 11.5 Å². The molecule has 1 aromatic carbocycles. The molecule has 1 amide bonds. The number of carbonyl (C=O) groups excluding carboxylic acids is 1. The van der Waals surface area contributed by atoms with E-state index in [0.29, 0.717) is 30.2 Å². The number of pyridine rings is 1. The Labute approximate surface area is 179 Å². The molecular weight excluding hydrogens is 392 g/mol. The van der Waals surface area contributed by atoms with Gasteiger partial charge in [-0.2, -0.15) is 0 Å². The van der Waals surface area contributed by atoms with Gasteiger partial charge in [-0.25, -0.2) is 9.97 Å². The van der Waals surface area contributed by atoms with E-state index in [1.165, 1.54) is 6.33 Å². The maximum Gasteiger partial charge on any atom is 0.251 e. The molecule has 4 rings (SSSR count). The molecule has 0 atom stereocenters. The van der Waals surface area contributed by atoms with Gasteiger partial charge in [0.05, 0.1) is 6.54 Å². The summed E-state index contributed by atoms with van der Waals surface area (Å²) in [5.41, 5.74) is 4.00. The number of aromatic nitrogens is 6. The predicted octanol–water partition coefficient (Wildman–Crippen LogP) is 2.52. The minimum Gasteiger partial charge on any atom is -0.378 e. The van der Waals surface area contributed by atoms with E-state index in [1.807, 2.05) is 48.9 Å². The van der Waals surface area contributed by atoms with Crippen molar-refractivity contribution < 1.29 is 4.79 Å². The first kappa shape index (κ1) is 20.1. The Bertz CT molecular complexity index is 1190. The van der Waals surface area contributed by atoms with Crippen LogP contribution in [0.2, 0.25) is 0 Å². The highest BCUT2D eigenvalue weighted by Crippen LogP contribution is 2.16. The van der Waals surface area contributed by atoms with E-state index in [2.05, 4.69) is 35.8 Å². The number of amides is 1. The number of aryl methyl sites for hydroxylation is 1. The van der Waals surface area contributed by atoms with Gasteiger partial charge in [0.15, 0.2) is 11.6 Å². The third kappa shape index (κ3) is 4.72. The molecule has 3 aromatic heterocycles. The zero-order chi connectivity index (χ0) is 21.6. The van der Waals surface area contributed by atoms with Gasteiger partial charge in [-0.15, -0.1) is 10.2 Å². The smallest absolute Gasteiger partial charge is 0.251 e. The average molecular weight is 414 g/mol. The second kappa shape index (κ2) is 9.12. The van der Waals surface area contributed by atoms with Gasteiger partial charge in [0.1, 0.15) is 12.0 Å². The molecule has 2 N–H and O–H groups in total. The van der Waals surface area contributed by atoms with Crippen molar-refractivity contribution in [2.75, 3.05) is 5.32 Å². The van der Waals surface area contributed by atoms with Crippen LogP contribution >= 0.6 is 0 Å². The Balaban J connectivity index is 1.39. The van der Waals surface area contributed by atoms with Crippen LogP contribution in [0.15, 0.2) is 61.2 Å². The van der Waals surface area contributed by atoms with Crippen molar-refractivity contribution in [1.82, 2.24) is 35.0 Å². The fraction of sp³-hybridized carbons (Fsp3) is 0.182. The Morgan fingerprint density at radius 2 is 1.94 bits per heavy atom. The van der Waals surface area contributed by atoms with Gasteiger partial charge in [0.2, 0.25) is 0 Å². The van der Waals surface area contributed by atoms with E-state index >= 15 is 0 Å². The molecule has 9 heteroatoms. The topological polar surface area (TPSA) is 111 Å². The van der Waals surface area contributed by atoms with E-state index < -0.39 is 0 Å². The number of carbonyl (C=O) groups is 1. The monoisotopic (exact) mass is 414 g/mol. The maximum atomic E-state index is 12.6. The second-order valence-corrected chi connectivity index (χ2v) is 6.96. The van der Waals surface area contributed by atoms with Crippen LogP contribution in [-0.2, 0) is 20.1 Å². The molecule has 31 heavy (non-hydrogen) atoms. The third-order valence-electron chi connectivity index (χ3n) is 4.91. The maximum absolute atomic E-state index is 12.6. The first-order valence-corrected chi connectivity index (χ1v) is 9.79. The van der Waals surface area contributed by atoms with Crippen LogP contribution in [0.1, 0.15) is 27.4 Å². The van der Waals surface area contributed by atoms with E-state index in [0.717, 1.165) is 22.8 Å². The SMILES string of the molecule is Cc1ncccc1CNC(=O)c1cccc(NCc2nnc(-c3ccncn3)n2C)c1. The number of rotatable bonds is 7. The lowest BCUT2D eigenvalue weighted by Crippen LogP contribution is -2.23. The molecule has 156 valence electrons. The third-order valence-corrected chi connectivity index (χ3v) is 4.91. The highest BCUT2D eigenvalue weighted by Gasteiger charge is 2.12. The van der Waals surface area contributed by atoms with E-state index in [9.17, 15) is 4.79 Å². The zero-order valence-electron chi connectivity index (χ0n) is 17.3. The van der Waals surface area contributed by atoms with E-state index in [1.54, 1.807) is 24.5 Å². The molecule has 0 spiro atoms. The van der Waals surface area contributed by atoms with Crippen LogP contribution in [-0.4, -0.2) is 35.6 Å². The minimum atomic E-state index is -0.142. The zero-order valence-corrected chi connectivity index (χ0v) is 17.3. The van der Waals surface area contributed by atoms with Gasteiger partial charge in [-0.1, -0.05) is 12.1 Å². The molecule has 9 nitrogen and oxygen atoms in total. The first-order chi connectivity index (χ1) is 15.1. The van der Waals surface area contributed by atoms with Gasteiger partial charge in [0, 0.05) is 42.9 Å². The second-order valence-electron chi connectivity index (χ2n) is 6.96. The van der Waals surface area contributed by atoms with Crippen LogP contribution in [0.5, 0.6) is 0 Å². The van der Waals surface area contributed by atoms with Crippen LogP contribution in [0.3, 0.4) is 0 Å². The fourth-order valence-corrected chi connectivity index (χ4v) is 3.09. The highest BCUT2D eigenvalue weighted by atomic mass is 16.1. The minimum absolute atomic E-state index is 0.142. The quantitative estimate of drug-likeness (QED) is 0.478. The lowest BCUT2D eigenvalue weighted by atomic mass is 10.1. The molecular formula is C22H22N8O. The van der Waals surface area contributed by atoms with Crippen molar-refractivity contribution in [3.63, 3.8) is 0 Å². The van der Waals surface area contributed by atoms with Crippen molar-refractivity contribution in [1.29, 1.82) is 0 Å². The summed E-state index contributed by atoms with van der Waals surface area (Å²) >= 11 is 0. The molecule has 0 saturated heterocycles. The Morgan fingerprint density at radius 1 is 1.03 bits per heavy atom. The number of anilines is 1. The predicted molar refractivity (Wildman–Crippen MR) is 116 cm³/mol. The molecule has 0 aliphatic heterocycles. The molecule has 0 saturated carbocycles. The summed E-state index contributed by atoms with van der Waals surface area (Å²) in [5.74, 6) is 1.27. The summed E-state index contributed by atoms with van der Waals surface area (Å²) in [6.07, 6.45) is 4.89. The number of hydrogen-bond donors (Lipinski definition) is 2. The van der Waals surface area contributed by atoms with Gasteiger partial charge in [0.25, 0.3) is 5.91 Å². The summed E-state index contributed by atoms with van der Waals surface area (Å²) in [5, 5.41) is 14.7. The summed E-state index contributed by atoms with van der Waals surface area (Å²) < 4.78 is 1.88. The highest BCUT2D eigenvalue weighted by molar-refractivity contribution is 5.95. The largest absolute Gasteiger partial charge is 0.378 e. The van der Waals surface area contributed by atoms with Gasteiger partial charge >= 0.3 is 0 Å².